The Morgan fingerprint density at radius 1 is 1.15 bits per heavy atom. The second kappa shape index (κ2) is 9.48. The molecule has 1 aliphatic heterocycles. The van der Waals surface area contributed by atoms with Gasteiger partial charge >= 0.3 is 0 Å². The van der Waals surface area contributed by atoms with Crippen molar-refractivity contribution >= 4 is 48.9 Å². The molecular formula is C23H25N3O5S2. The summed E-state index contributed by atoms with van der Waals surface area (Å²) < 4.78 is 33.3. The van der Waals surface area contributed by atoms with Crippen LogP contribution < -0.4 is 14.4 Å². The third kappa shape index (κ3) is 5.01. The number of hydrogen-bond acceptors (Lipinski definition) is 6. The molecular weight excluding hydrogens is 462 g/mol. The van der Waals surface area contributed by atoms with Gasteiger partial charge in [0.15, 0.2) is 14.6 Å². The van der Waals surface area contributed by atoms with Crippen molar-refractivity contribution in [1.82, 2.24) is 4.57 Å². The average Bonchev–Trinajstić information content (AvgIpc) is 3.13. The highest BCUT2D eigenvalue weighted by Gasteiger charge is 2.28. The van der Waals surface area contributed by atoms with Gasteiger partial charge in [-0.05, 0) is 49.6 Å². The highest BCUT2D eigenvalue weighted by atomic mass is 32.2. The Morgan fingerprint density at radius 3 is 2.70 bits per heavy atom. The van der Waals surface area contributed by atoms with Crippen molar-refractivity contribution in [2.75, 3.05) is 30.1 Å². The summed E-state index contributed by atoms with van der Waals surface area (Å²) in [5, 5.41) is 0. The Labute approximate surface area is 196 Å². The Kier molecular flexibility index (Phi) is 6.66. The molecule has 4 rings (SSSR count). The van der Waals surface area contributed by atoms with Crippen molar-refractivity contribution in [2.24, 2.45) is 4.99 Å². The number of aromatic nitrogens is 1. The van der Waals surface area contributed by atoms with Gasteiger partial charge in [0, 0.05) is 18.8 Å². The smallest absolute Gasteiger partial charge is 0.263 e. The molecule has 0 N–H and O–H groups in total. The number of benzene rings is 2. The number of fused-ring (bicyclic) bond motifs is 2. The standard InChI is InChI=1S/C23H25N3O5S2/c1-3-25-19-11-10-17(31-2)13-20(19)32-23(25)24-21(27)14-33(29,30)15-22(28)26-12-6-8-16-7-4-5-9-18(16)26/h4-5,7,9-11,13H,3,6,8,12,14-15H2,1-2H3. The minimum Gasteiger partial charge on any atom is -0.497 e. The zero-order valence-corrected chi connectivity index (χ0v) is 20.1. The molecule has 2 heterocycles. The van der Waals surface area contributed by atoms with Crippen LogP contribution in [0.1, 0.15) is 18.9 Å². The van der Waals surface area contributed by atoms with E-state index in [1.165, 1.54) is 16.2 Å². The molecule has 0 fully saturated rings. The van der Waals surface area contributed by atoms with Gasteiger partial charge in [0.25, 0.3) is 5.91 Å². The first-order valence-electron chi connectivity index (χ1n) is 10.6. The molecule has 0 radical (unpaired) electrons. The summed E-state index contributed by atoms with van der Waals surface area (Å²) in [5.74, 6) is -2.16. The van der Waals surface area contributed by atoms with Gasteiger partial charge in [-0.1, -0.05) is 29.5 Å². The van der Waals surface area contributed by atoms with Crippen LogP contribution in [-0.2, 0) is 32.4 Å². The van der Waals surface area contributed by atoms with Gasteiger partial charge in [-0.2, -0.15) is 4.99 Å². The number of rotatable bonds is 6. The lowest BCUT2D eigenvalue weighted by atomic mass is 10.0. The number of carbonyl (C=O) groups excluding carboxylic acids is 2. The molecule has 0 atom stereocenters. The fourth-order valence-electron chi connectivity index (χ4n) is 4.01. The van der Waals surface area contributed by atoms with E-state index in [1.807, 2.05) is 54.0 Å². The van der Waals surface area contributed by atoms with E-state index in [-0.39, 0.29) is 0 Å². The van der Waals surface area contributed by atoms with E-state index in [0.717, 1.165) is 34.3 Å². The SMILES string of the molecule is CCn1c(=NC(=O)CS(=O)(=O)CC(=O)N2CCCc3ccccc32)sc2cc(OC)ccc21. The number of thiazole rings is 1. The summed E-state index contributed by atoms with van der Waals surface area (Å²) >= 11 is 1.29. The molecule has 0 saturated carbocycles. The van der Waals surface area contributed by atoms with Gasteiger partial charge in [-0.3, -0.25) is 9.59 Å². The molecule has 1 aliphatic rings. The van der Waals surface area contributed by atoms with Crippen molar-refractivity contribution in [1.29, 1.82) is 0 Å². The maximum atomic E-state index is 12.8. The molecule has 8 nitrogen and oxygen atoms in total. The number of sulfone groups is 1. The second-order valence-electron chi connectivity index (χ2n) is 7.78. The van der Waals surface area contributed by atoms with Crippen LogP contribution in [-0.4, -0.2) is 50.0 Å². The van der Waals surface area contributed by atoms with Gasteiger partial charge in [0.1, 0.15) is 17.3 Å². The van der Waals surface area contributed by atoms with Crippen LogP contribution in [0.3, 0.4) is 0 Å². The lowest BCUT2D eigenvalue weighted by Gasteiger charge is -2.29. The maximum Gasteiger partial charge on any atom is 0.263 e. The first-order chi connectivity index (χ1) is 15.8. The van der Waals surface area contributed by atoms with Crippen LogP contribution in [0, 0.1) is 0 Å². The summed E-state index contributed by atoms with van der Waals surface area (Å²) in [6, 6.07) is 13.0. The minimum absolute atomic E-state index is 0.414. The fourth-order valence-corrected chi connectivity index (χ4v) is 6.22. The molecule has 0 aliphatic carbocycles. The number of methoxy groups -OCH3 is 1. The van der Waals surface area contributed by atoms with Gasteiger partial charge < -0.3 is 14.2 Å². The topological polar surface area (TPSA) is 98.0 Å². The number of nitrogens with zero attached hydrogens (tertiary/aromatic N) is 3. The third-order valence-corrected chi connectivity index (χ3v) is 7.94. The summed E-state index contributed by atoms with van der Waals surface area (Å²) in [6.07, 6.45) is 1.62. The van der Waals surface area contributed by atoms with Crippen LogP contribution in [0.15, 0.2) is 47.5 Å². The van der Waals surface area contributed by atoms with E-state index < -0.39 is 33.2 Å². The predicted octanol–water partition coefficient (Wildman–Crippen LogP) is 2.55. The van der Waals surface area contributed by atoms with E-state index >= 15 is 0 Å². The van der Waals surface area contributed by atoms with Crippen LogP contribution >= 0.6 is 11.3 Å². The van der Waals surface area contributed by atoms with Crippen LogP contribution in [0.5, 0.6) is 5.75 Å². The van der Waals surface area contributed by atoms with Crippen molar-refractivity contribution < 1.29 is 22.7 Å². The number of anilines is 1. The molecule has 10 heteroatoms. The molecule has 174 valence electrons. The quantitative estimate of drug-likeness (QED) is 0.532. The van der Waals surface area contributed by atoms with E-state index in [9.17, 15) is 18.0 Å². The Balaban J connectivity index is 1.53. The Hall–Kier alpha value is -2.98. The molecule has 3 aromatic rings. The molecule has 1 aromatic heterocycles. The van der Waals surface area contributed by atoms with E-state index in [1.54, 1.807) is 7.11 Å². The zero-order chi connectivity index (χ0) is 23.6. The number of carbonyl (C=O) groups is 2. The summed E-state index contributed by atoms with van der Waals surface area (Å²) in [6.45, 7) is 2.95. The average molecular weight is 488 g/mol. The molecule has 0 saturated heterocycles. The maximum absolute atomic E-state index is 12.8. The van der Waals surface area contributed by atoms with Crippen molar-refractivity contribution in [3.63, 3.8) is 0 Å². The van der Waals surface area contributed by atoms with Crippen molar-refractivity contribution in [3.8, 4) is 5.75 Å². The lowest BCUT2D eigenvalue weighted by molar-refractivity contribution is -0.116. The summed E-state index contributed by atoms with van der Waals surface area (Å²) in [7, 11) is -2.40. The second-order valence-corrected chi connectivity index (χ2v) is 10.9. The third-order valence-electron chi connectivity index (χ3n) is 5.52. The van der Waals surface area contributed by atoms with E-state index in [4.69, 9.17) is 4.74 Å². The van der Waals surface area contributed by atoms with Gasteiger partial charge in [0.2, 0.25) is 5.91 Å². The minimum atomic E-state index is -3.97. The molecule has 2 aromatic carbocycles. The van der Waals surface area contributed by atoms with Crippen LogP contribution in [0.25, 0.3) is 10.2 Å². The highest BCUT2D eigenvalue weighted by Crippen LogP contribution is 2.27. The highest BCUT2D eigenvalue weighted by molar-refractivity contribution is 7.92. The van der Waals surface area contributed by atoms with Crippen LogP contribution in [0.4, 0.5) is 5.69 Å². The van der Waals surface area contributed by atoms with Gasteiger partial charge in [-0.15, -0.1) is 0 Å². The number of hydrogen-bond donors (Lipinski definition) is 0. The number of ether oxygens (including phenoxy) is 1. The molecule has 33 heavy (non-hydrogen) atoms. The van der Waals surface area contributed by atoms with Crippen molar-refractivity contribution in [3.05, 3.63) is 52.8 Å². The predicted molar refractivity (Wildman–Crippen MR) is 128 cm³/mol. The molecule has 0 unspecified atom stereocenters. The summed E-state index contributed by atoms with van der Waals surface area (Å²) in [5.41, 5.74) is 2.65. The van der Waals surface area contributed by atoms with Crippen molar-refractivity contribution in [2.45, 2.75) is 26.3 Å². The molecule has 0 spiro atoms. The summed E-state index contributed by atoms with van der Waals surface area (Å²) in [4.78, 5) is 31.3. The van der Waals surface area contributed by atoms with Crippen LogP contribution in [0.2, 0.25) is 0 Å². The lowest BCUT2D eigenvalue weighted by Crippen LogP contribution is -2.40. The normalized spacial score (nSPS) is 14.4. The molecule has 2 amide bonds. The first-order valence-corrected chi connectivity index (χ1v) is 13.3. The number of aryl methyl sites for hydroxylation is 2. The number of para-hydroxylation sites is 1. The monoisotopic (exact) mass is 487 g/mol. The fraction of sp³-hybridized carbons (Fsp3) is 0.348. The van der Waals surface area contributed by atoms with E-state index in [0.29, 0.717) is 23.6 Å². The van der Waals surface area contributed by atoms with E-state index in [2.05, 4.69) is 4.99 Å². The largest absolute Gasteiger partial charge is 0.497 e. The zero-order valence-electron chi connectivity index (χ0n) is 18.5. The molecule has 0 bridgehead atoms. The van der Waals surface area contributed by atoms with Gasteiger partial charge in [0.05, 0.1) is 17.3 Å². The Bertz CT molecular complexity index is 1390. The number of amides is 2. The first kappa shape index (κ1) is 23.2. The van der Waals surface area contributed by atoms with Gasteiger partial charge in [-0.25, -0.2) is 8.42 Å². The Morgan fingerprint density at radius 2 is 1.94 bits per heavy atom.